The van der Waals surface area contributed by atoms with Crippen molar-refractivity contribution in [1.29, 1.82) is 0 Å². The van der Waals surface area contributed by atoms with Crippen molar-refractivity contribution in [2.24, 2.45) is 5.92 Å². The molecule has 1 aliphatic carbocycles. The summed E-state index contributed by atoms with van der Waals surface area (Å²) in [7, 11) is 0. The van der Waals surface area contributed by atoms with Crippen LogP contribution in [0.15, 0.2) is 42.5 Å². The second-order valence-corrected chi connectivity index (χ2v) is 8.97. The molecule has 37 heavy (non-hydrogen) atoms. The molecule has 1 fully saturated rings. The van der Waals surface area contributed by atoms with E-state index in [0.717, 1.165) is 25.0 Å². The number of anilines is 1. The lowest BCUT2D eigenvalue weighted by molar-refractivity contribution is -0.149. The summed E-state index contributed by atoms with van der Waals surface area (Å²) in [4.78, 5) is 28.7. The predicted molar refractivity (Wildman–Crippen MR) is 128 cm³/mol. The van der Waals surface area contributed by atoms with Crippen molar-refractivity contribution in [2.45, 2.75) is 44.8 Å². The van der Waals surface area contributed by atoms with Gasteiger partial charge < -0.3 is 14.0 Å². The molecule has 0 saturated heterocycles. The molecule has 0 atom stereocenters. The SMILES string of the molecule is CCOC(=O)COC[C@H]1CC[C@@H](n2c(NC(=O)c3cccc(C(F)(F)F)c3)nc3cc(F)ccc32)CC1. The van der Waals surface area contributed by atoms with E-state index < -0.39 is 29.4 Å². The zero-order valence-corrected chi connectivity index (χ0v) is 20.2. The predicted octanol–water partition coefficient (Wildman–Crippen LogP) is 5.76. The van der Waals surface area contributed by atoms with E-state index in [1.165, 1.54) is 24.3 Å². The number of imidazole rings is 1. The molecule has 0 radical (unpaired) electrons. The number of halogens is 4. The van der Waals surface area contributed by atoms with Crippen LogP contribution in [0.4, 0.5) is 23.5 Å². The van der Waals surface area contributed by atoms with Gasteiger partial charge in [0.2, 0.25) is 5.95 Å². The van der Waals surface area contributed by atoms with E-state index in [1.807, 2.05) is 4.57 Å². The Morgan fingerprint density at radius 2 is 1.86 bits per heavy atom. The smallest absolute Gasteiger partial charge is 0.416 e. The first-order valence-corrected chi connectivity index (χ1v) is 12.0. The van der Waals surface area contributed by atoms with Gasteiger partial charge >= 0.3 is 12.1 Å². The average Bonchev–Trinajstić information content (AvgIpc) is 3.21. The van der Waals surface area contributed by atoms with Crippen molar-refractivity contribution in [3.63, 3.8) is 0 Å². The van der Waals surface area contributed by atoms with Crippen LogP contribution in [0, 0.1) is 11.7 Å². The highest BCUT2D eigenvalue weighted by Crippen LogP contribution is 2.37. The molecular weight excluding hydrogens is 494 g/mol. The number of aromatic nitrogens is 2. The Labute approximate surface area is 210 Å². The largest absolute Gasteiger partial charge is 0.464 e. The van der Waals surface area contributed by atoms with Gasteiger partial charge in [-0.05, 0) is 68.9 Å². The van der Waals surface area contributed by atoms with Gasteiger partial charge in [-0.3, -0.25) is 10.1 Å². The molecule has 1 saturated carbocycles. The van der Waals surface area contributed by atoms with E-state index >= 15 is 0 Å². The summed E-state index contributed by atoms with van der Waals surface area (Å²) in [6.45, 7) is 2.34. The topological polar surface area (TPSA) is 82.5 Å². The minimum Gasteiger partial charge on any atom is -0.464 e. The molecule has 0 aliphatic heterocycles. The van der Waals surface area contributed by atoms with E-state index in [0.29, 0.717) is 37.1 Å². The zero-order valence-electron chi connectivity index (χ0n) is 20.2. The van der Waals surface area contributed by atoms with Gasteiger partial charge in [-0.2, -0.15) is 13.2 Å². The summed E-state index contributed by atoms with van der Waals surface area (Å²) in [6, 6.07) is 8.18. The van der Waals surface area contributed by atoms with Gasteiger partial charge in [0, 0.05) is 17.7 Å². The minimum absolute atomic E-state index is 0.0754. The molecule has 7 nitrogen and oxygen atoms in total. The van der Waals surface area contributed by atoms with Gasteiger partial charge in [-0.1, -0.05) is 6.07 Å². The number of ether oxygens (including phenoxy) is 2. The van der Waals surface area contributed by atoms with Crippen LogP contribution in [-0.4, -0.2) is 41.2 Å². The van der Waals surface area contributed by atoms with Gasteiger partial charge in [0.15, 0.2) is 0 Å². The number of esters is 1. The van der Waals surface area contributed by atoms with Gasteiger partial charge in [0.05, 0.1) is 29.8 Å². The molecule has 2 aromatic carbocycles. The van der Waals surface area contributed by atoms with Crippen molar-refractivity contribution in [3.8, 4) is 0 Å². The Hall–Kier alpha value is -3.47. The van der Waals surface area contributed by atoms with Gasteiger partial charge in [-0.25, -0.2) is 14.2 Å². The number of hydrogen-bond acceptors (Lipinski definition) is 5. The summed E-state index contributed by atoms with van der Waals surface area (Å²) in [5, 5.41) is 2.63. The Balaban J connectivity index is 1.50. The third-order valence-electron chi connectivity index (χ3n) is 6.39. The second-order valence-electron chi connectivity index (χ2n) is 8.97. The van der Waals surface area contributed by atoms with E-state index in [4.69, 9.17) is 9.47 Å². The van der Waals surface area contributed by atoms with Crippen LogP contribution in [0.1, 0.15) is 54.6 Å². The van der Waals surface area contributed by atoms with Gasteiger partial charge in [0.25, 0.3) is 5.91 Å². The van der Waals surface area contributed by atoms with Crippen molar-refractivity contribution in [1.82, 2.24) is 9.55 Å². The van der Waals surface area contributed by atoms with E-state index in [9.17, 15) is 27.2 Å². The van der Waals surface area contributed by atoms with Crippen molar-refractivity contribution < 1.29 is 36.6 Å². The third kappa shape index (κ3) is 6.46. The summed E-state index contributed by atoms with van der Waals surface area (Å²) < 4.78 is 65.4. The highest BCUT2D eigenvalue weighted by atomic mass is 19.4. The number of hydrogen-bond donors (Lipinski definition) is 1. The highest BCUT2D eigenvalue weighted by molar-refractivity contribution is 6.04. The lowest BCUT2D eigenvalue weighted by Gasteiger charge is -2.30. The number of benzene rings is 2. The zero-order chi connectivity index (χ0) is 26.6. The number of alkyl halides is 3. The lowest BCUT2D eigenvalue weighted by Crippen LogP contribution is -2.24. The molecule has 1 heterocycles. The number of carbonyl (C=O) groups excluding carboxylic acids is 2. The van der Waals surface area contributed by atoms with Crippen LogP contribution < -0.4 is 5.32 Å². The average molecular weight is 522 g/mol. The maximum Gasteiger partial charge on any atom is 0.416 e. The molecule has 1 amide bonds. The summed E-state index contributed by atoms with van der Waals surface area (Å²) in [6.07, 6.45) is -1.59. The molecule has 198 valence electrons. The van der Waals surface area contributed by atoms with Crippen LogP contribution in [0.5, 0.6) is 0 Å². The number of fused-ring (bicyclic) bond motifs is 1. The van der Waals surface area contributed by atoms with E-state index in [2.05, 4.69) is 10.3 Å². The lowest BCUT2D eigenvalue weighted by atomic mass is 9.86. The number of amides is 1. The molecule has 1 aliphatic rings. The first-order chi connectivity index (χ1) is 17.7. The fourth-order valence-corrected chi connectivity index (χ4v) is 4.62. The number of carbonyl (C=O) groups is 2. The van der Waals surface area contributed by atoms with Crippen LogP contribution in [0.25, 0.3) is 11.0 Å². The Kier molecular flexibility index (Phi) is 8.11. The number of nitrogens with zero attached hydrogens (tertiary/aromatic N) is 2. The fourth-order valence-electron chi connectivity index (χ4n) is 4.62. The number of rotatable bonds is 8. The third-order valence-corrected chi connectivity index (χ3v) is 6.39. The van der Waals surface area contributed by atoms with Gasteiger partial charge in [0.1, 0.15) is 12.4 Å². The second kappa shape index (κ2) is 11.3. The molecule has 3 aromatic rings. The van der Waals surface area contributed by atoms with Crippen LogP contribution in [-0.2, 0) is 20.4 Å². The first kappa shape index (κ1) is 26.6. The molecule has 0 unspecified atom stereocenters. The van der Waals surface area contributed by atoms with Gasteiger partial charge in [-0.15, -0.1) is 0 Å². The maximum absolute atomic E-state index is 13.9. The quantitative estimate of drug-likeness (QED) is 0.301. The minimum atomic E-state index is -4.58. The normalized spacial score (nSPS) is 18.1. The highest BCUT2D eigenvalue weighted by Gasteiger charge is 2.31. The standard InChI is InChI=1S/C26H27F4N3O4/c1-2-37-23(34)15-36-14-16-6-9-20(10-7-16)33-22-11-8-19(27)13-21(22)31-25(33)32-24(35)17-4-3-5-18(12-17)26(28,29)30/h3-5,8,11-13,16,20H,2,6-7,9-10,14-15H2,1H3,(H,31,32,35)/t16-,20+. The van der Waals surface area contributed by atoms with Crippen LogP contribution in [0.2, 0.25) is 0 Å². The maximum atomic E-state index is 13.9. The van der Waals surface area contributed by atoms with E-state index in [-0.39, 0.29) is 30.1 Å². The first-order valence-electron chi connectivity index (χ1n) is 12.0. The van der Waals surface area contributed by atoms with Crippen LogP contribution in [0.3, 0.4) is 0 Å². The van der Waals surface area contributed by atoms with E-state index in [1.54, 1.807) is 13.0 Å². The molecule has 11 heteroatoms. The molecule has 1 aromatic heterocycles. The Morgan fingerprint density at radius 1 is 1.11 bits per heavy atom. The molecule has 0 bridgehead atoms. The van der Waals surface area contributed by atoms with Crippen molar-refractivity contribution in [3.05, 3.63) is 59.4 Å². The Bertz CT molecular complexity index is 1270. The molecule has 0 spiro atoms. The molecule has 4 rings (SSSR count). The van der Waals surface area contributed by atoms with Crippen LogP contribution >= 0.6 is 0 Å². The van der Waals surface area contributed by atoms with Crippen molar-refractivity contribution >= 4 is 28.9 Å². The fraction of sp³-hybridized carbons (Fsp3) is 0.423. The Morgan fingerprint density at radius 3 is 2.57 bits per heavy atom. The summed E-state index contributed by atoms with van der Waals surface area (Å²) >= 11 is 0. The summed E-state index contributed by atoms with van der Waals surface area (Å²) in [5.41, 5.74) is -0.150. The molecule has 1 N–H and O–H groups in total. The summed E-state index contributed by atoms with van der Waals surface area (Å²) in [5.74, 6) is -1.26. The molecular formula is C26H27F4N3O4. The number of nitrogens with one attached hydrogen (secondary N) is 1. The van der Waals surface area contributed by atoms with Crippen molar-refractivity contribution in [2.75, 3.05) is 25.1 Å². The monoisotopic (exact) mass is 521 g/mol.